The SMILES string of the molecule is CCc1cccc2cc(O)cc(N3CCc4c(nc(OCC56CCCN5CCC6)nc4C4C[C@H]5CC[C@@H](C4)N5)C3)c12. The maximum absolute atomic E-state index is 10.7. The molecule has 4 fully saturated rings. The van der Waals surface area contributed by atoms with E-state index >= 15 is 0 Å². The van der Waals surface area contributed by atoms with Crippen LogP contribution in [0.25, 0.3) is 10.8 Å². The van der Waals surface area contributed by atoms with Gasteiger partial charge in [0.25, 0.3) is 0 Å². The monoisotopic (exact) mass is 553 g/mol. The van der Waals surface area contributed by atoms with Crippen LogP contribution in [0, 0.1) is 0 Å². The summed E-state index contributed by atoms with van der Waals surface area (Å²) in [5.74, 6) is 0.793. The number of benzene rings is 2. The highest BCUT2D eigenvalue weighted by molar-refractivity contribution is 5.98. The van der Waals surface area contributed by atoms with Gasteiger partial charge in [-0.25, -0.2) is 0 Å². The van der Waals surface area contributed by atoms with Crippen molar-refractivity contribution in [2.75, 3.05) is 31.1 Å². The summed E-state index contributed by atoms with van der Waals surface area (Å²) in [4.78, 5) is 15.4. The topological polar surface area (TPSA) is 73.8 Å². The fourth-order valence-corrected chi connectivity index (χ4v) is 8.99. The molecule has 2 aromatic carbocycles. The molecular weight excluding hydrogens is 510 g/mol. The molecule has 0 aliphatic carbocycles. The van der Waals surface area contributed by atoms with Crippen molar-refractivity contribution in [1.29, 1.82) is 0 Å². The maximum Gasteiger partial charge on any atom is 0.316 e. The van der Waals surface area contributed by atoms with Crippen LogP contribution in [-0.2, 0) is 19.4 Å². The van der Waals surface area contributed by atoms with Gasteiger partial charge in [0.2, 0.25) is 0 Å². The van der Waals surface area contributed by atoms with Crippen molar-refractivity contribution >= 4 is 16.5 Å². The zero-order valence-electron chi connectivity index (χ0n) is 24.4. The molecular formula is C34H43N5O2. The molecule has 3 atom stereocenters. The van der Waals surface area contributed by atoms with E-state index in [-0.39, 0.29) is 5.54 Å². The van der Waals surface area contributed by atoms with Crippen molar-refractivity contribution in [3.05, 3.63) is 52.8 Å². The number of rotatable bonds is 6. The number of aromatic nitrogens is 2. The summed E-state index contributed by atoms with van der Waals surface area (Å²) in [7, 11) is 0. The van der Waals surface area contributed by atoms with E-state index in [2.05, 4.69) is 40.2 Å². The predicted molar refractivity (Wildman–Crippen MR) is 162 cm³/mol. The highest BCUT2D eigenvalue weighted by atomic mass is 16.5. The first-order chi connectivity index (χ1) is 20.1. The first-order valence-corrected chi connectivity index (χ1v) is 16.1. The van der Waals surface area contributed by atoms with Crippen molar-refractivity contribution in [1.82, 2.24) is 20.2 Å². The molecule has 0 spiro atoms. The second kappa shape index (κ2) is 10.1. The lowest BCUT2D eigenvalue weighted by Crippen LogP contribution is -2.43. The van der Waals surface area contributed by atoms with Gasteiger partial charge >= 0.3 is 6.01 Å². The van der Waals surface area contributed by atoms with Gasteiger partial charge < -0.3 is 20.1 Å². The Balaban J connectivity index is 1.16. The third-order valence-electron chi connectivity index (χ3n) is 11.0. The molecule has 3 aromatic rings. The number of anilines is 1. The summed E-state index contributed by atoms with van der Waals surface area (Å²) in [6, 6.07) is 12.1. The predicted octanol–water partition coefficient (Wildman–Crippen LogP) is 5.47. The standard InChI is InChI=1S/C34H43N5O2/c1-2-22-6-3-7-23-18-27(40)19-30(31(22)23)38-15-10-28-29(20-38)36-33(41-21-34-11-4-13-39(34)14-5-12-34)37-32(28)24-16-25-8-9-26(17-24)35-25/h3,6-7,18-19,24-26,35,40H,2,4-5,8-17,20-21H2,1H3/t24?,25-,26+. The maximum atomic E-state index is 10.7. The van der Waals surface area contributed by atoms with Gasteiger partial charge in [0.1, 0.15) is 12.4 Å². The van der Waals surface area contributed by atoms with Gasteiger partial charge in [0.15, 0.2) is 0 Å². The van der Waals surface area contributed by atoms with E-state index in [4.69, 9.17) is 14.7 Å². The Morgan fingerprint density at radius 2 is 1.85 bits per heavy atom. The molecule has 0 saturated carbocycles. The van der Waals surface area contributed by atoms with Gasteiger partial charge in [0, 0.05) is 41.7 Å². The molecule has 1 unspecified atom stereocenters. The van der Waals surface area contributed by atoms with Crippen molar-refractivity contribution in [3.8, 4) is 11.8 Å². The molecule has 2 bridgehead atoms. The average molecular weight is 554 g/mol. The van der Waals surface area contributed by atoms with Gasteiger partial charge in [-0.2, -0.15) is 9.97 Å². The van der Waals surface area contributed by atoms with Gasteiger partial charge in [-0.15, -0.1) is 0 Å². The largest absolute Gasteiger partial charge is 0.508 e. The molecule has 0 amide bonds. The van der Waals surface area contributed by atoms with Crippen LogP contribution in [0.5, 0.6) is 11.8 Å². The Kier molecular flexibility index (Phi) is 6.37. The first kappa shape index (κ1) is 25.8. The molecule has 8 rings (SSSR count). The molecule has 5 aliphatic rings. The number of nitrogens with zero attached hydrogens (tertiary/aromatic N) is 4. The van der Waals surface area contributed by atoms with Crippen molar-refractivity contribution in [3.63, 3.8) is 0 Å². The molecule has 7 heteroatoms. The van der Waals surface area contributed by atoms with Crippen molar-refractivity contribution in [2.24, 2.45) is 0 Å². The van der Waals surface area contributed by atoms with E-state index in [0.29, 0.717) is 42.9 Å². The summed E-state index contributed by atoms with van der Waals surface area (Å²) in [5.41, 5.74) is 6.32. The number of piperidine rings is 1. The minimum Gasteiger partial charge on any atom is -0.508 e. The molecule has 41 heavy (non-hydrogen) atoms. The Bertz CT molecular complexity index is 1450. The number of hydrogen-bond donors (Lipinski definition) is 2. The summed E-state index contributed by atoms with van der Waals surface area (Å²) in [5, 5.41) is 16.8. The minimum absolute atomic E-state index is 0.177. The lowest BCUT2D eigenvalue weighted by atomic mass is 9.85. The Morgan fingerprint density at radius 3 is 2.63 bits per heavy atom. The quantitative estimate of drug-likeness (QED) is 0.420. The zero-order valence-corrected chi connectivity index (χ0v) is 24.4. The van der Waals surface area contributed by atoms with E-state index in [1.54, 1.807) is 0 Å². The Labute approximate surface area is 243 Å². The van der Waals surface area contributed by atoms with E-state index < -0.39 is 0 Å². The number of aryl methyl sites for hydroxylation is 1. The lowest BCUT2D eigenvalue weighted by molar-refractivity contribution is 0.107. The normalized spacial score (nSPS) is 26.9. The summed E-state index contributed by atoms with van der Waals surface area (Å²) in [6.07, 6.45) is 11.8. The van der Waals surface area contributed by atoms with Crippen LogP contribution in [0.15, 0.2) is 30.3 Å². The highest BCUT2D eigenvalue weighted by Gasteiger charge is 2.45. The van der Waals surface area contributed by atoms with Crippen LogP contribution in [0.2, 0.25) is 0 Å². The van der Waals surface area contributed by atoms with Gasteiger partial charge in [0.05, 0.1) is 23.5 Å². The Morgan fingerprint density at radius 1 is 1.05 bits per heavy atom. The number of phenols is 1. The summed E-state index contributed by atoms with van der Waals surface area (Å²) >= 11 is 0. The second-order valence-electron chi connectivity index (χ2n) is 13.3. The van der Waals surface area contributed by atoms with Crippen LogP contribution in [0.3, 0.4) is 0 Å². The number of ether oxygens (including phenoxy) is 1. The van der Waals surface area contributed by atoms with Crippen molar-refractivity contribution < 1.29 is 9.84 Å². The number of fused-ring (bicyclic) bond motifs is 5. The molecule has 216 valence electrons. The van der Waals surface area contributed by atoms with E-state index in [1.165, 1.54) is 73.8 Å². The smallest absolute Gasteiger partial charge is 0.316 e. The van der Waals surface area contributed by atoms with Crippen LogP contribution >= 0.6 is 0 Å². The van der Waals surface area contributed by atoms with Gasteiger partial charge in [-0.3, -0.25) is 4.90 Å². The average Bonchev–Trinajstić information content (AvgIpc) is 3.68. The molecule has 5 aliphatic heterocycles. The highest BCUT2D eigenvalue weighted by Crippen LogP contribution is 2.43. The number of hydrogen-bond acceptors (Lipinski definition) is 7. The Hall–Kier alpha value is -2.90. The van der Waals surface area contributed by atoms with E-state index in [1.807, 2.05) is 12.1 Å². The molecule has 6 heterocycles. The minimum atomic E-state index is 0.177. The molecule has 2 N–H and O–H groups in total. The van der Waals surface area contributed by atoms with Crippen LogP contribution in [-0.4, -0.2) is 63.8 Å². The molecule has 0 radical (unpaired) electrons. The fourth-order valence-electron chi connectivity index (χ4n) is 8.99. The van der Waals surface area contributed by atoms with Gasteiger partial charge in [-0.05, 0) is 99.9 Å². The third-order valence-corrected chi connectivity index (χ3v) is 11.0. The summed E-state index contributed by atoms with van der Waals surface area (Å²) < 4.78 is 6.59. The van der Waals surface area contributed by atoms with Crippen LogP contribution < -0.4 is 15.0 Å². The molecule has 7 nitrogen and oxygen atoms in total. The first-order valence-electron chi connectivity index (χ1n) is 16.1. The van der Waals surface area contributed by atoms with Gasteiger partial charge in [-0.1, -0.05) is 25.1 Å². The zero-order chi connectivity index (χ0) is 27.6. The number of aromatic hydroxyl groups is 1. The lowest BCUT2D eigenvalue weighted by Gasteiger charge is -2.35. The van der Waals surface area contributed by atoms with Crippen molar-refractivity contribution in [2.45, 2.75) is 101 Å². The third kappa shape index (κ3) is 4.47. The number of nitrogens with one attached hydrogen (secondary N) is 1. The van der Waals surface area contributed by atoms with E-state index in [0.717, 1.165) is 49.0 Å². The fraction of sp³-hybridized carbons (Fsp3) is 0.588. The number of phenolic OH excluding ortho intramolecular Hbond substituents is 1. The molecule has 4 saturated heterocycles. The summed E-state index contributed by atoms with van der Waals surface area (Å²) in [6.45, 7) is 6.92. The molecule has 1 aromatic heterocycles. The second-order valence-corrected chi connectivity index (χ2v) is 13.3. The van der Waals surface area contributed by atoms with Crippen LogP contribution in [0.4, 0.5) is 5.69 Å². The van der Waals surface area contributed by atoms with E-state index in [9.17, 15) is 5.11 Å². The van der Waals surface area contributed by atoms with Crippen LogP contribution in [0.1, 0.15) is 86.7 Å².